The summed E-state index contributed by atoms with van der Waals surface area (Å²) in [5, 5.41) is 3.53. The Bertz CT molecular complexity index is 1360. The fraction of sp³-hybridized carbons (Fsp3) is 0.333. The van der Waals surface area contributed by atoms with Crippen molar-refractivity contribution in [1.29, 1.82) is 0 Å². The number of carbonyl (C=O) groups is 2. The summed E-state index contributed by atoms with van der Waals surface area (Å²) in [6, 6.07) is 22.9. The number of amides is 2. The largest absolute Gasteiger partial charge is 0.350 e. The maximum Gasteiger partial charge on any atom is 0.243 e. The molecule has 1 N–H and O–H groups in total. The van der Waals surface area contributed by atoms with Crippen molar-refractivity contribution in [3.8, 4) is 0 Å². The van der Waals surface area contributed by atoms with Crippen LogP contribution in [0.15, 0.2) is 83.8 Å². The van der Waals surface area contributed by atoms with E-state index >= 15 is 0 Å². The Morgan fingerprint density at radius 1 is 0.897 bits per heavy atom. The molecule has 1 saturated heterocycles. The van der Waals surface area contributed by atoms with Crippen LogP contribution in [0.4, 0.5) is 0 Å². The van der Waals surface area contributed by atoms with E-state index in [9.17, 15) is 18.0 Å². The van der Waals surface area contributed by atoms with Crippen LogP contribution >= 0.6 is 11.6 Å². The molecule has 1 fully saturated rings. The highest BCUT2D eigenvalue weighted by Gasteiger charge is 2.28. The molecule has 0 aromatic heterocycles. The van der Waals surface area contributed by atoms with Crippen molar-refractivity contribution in [2.45, 2.75) is 56.6 Å². The molecule has 0 radical (unpaired) electrons. The summed E-state index contributed by atoms with van der Waals surface area (Å²) < 4.78 is 27.1. The van der Waals surface area contributed by atoms with Gasteiger partial charge in [-0.05, 0) is 67.1 Å². The molecule has 0 bridgehead atoms. The summed E-state index contributed by atoms with van der Waals surface area (Å²) in [6.45, 7) is 3.48. The van der Waals surface area contributed by atoms with E-state index < -0.39 is 16.1 Å². The molecule has 3 aromatic carbocycles. The first-order chi connectivity index (χ1) is 18.7. The topological polar surface area (TPSA) is 86.8 Å². The predicted octanol–water partition coefficient (Wildman–Crippen LogP) is 4.79. The van der Waals surface area contributed by atoms with Crippen LogP contribution in [0.1, 0.15) is 42.9 Å². The quantitative estimate of drug-likeness (QED) is 0.361. The molecule has 206 valence electrons. The van der Waals surface area contributed by atoms with Crippen LogP contribution < -0.4 is 5.32 Å². The van der Waals surface area contributed by atoms with Crippen molar-refractivity contribution in [1.82, 2.24) is 14.5 Å². The van der Waals surface area contributed by atoms with Gasteiger partial charge in [-0.2, -0.15) is 4.31 Å². The zero-order valence-corrected chi connectivity index (χ0v) is 23.6. The van der Waals surface area contributed by atoms with Gasteiger partial charge in [0, 0.05) is 37.6 Å². The molecule has 4 rings (SSSR count). The Morgan fingerprint density at radius 3 is 2.15 bits per heavy atom. The van der Waals surface area contributed by atoms with Crippen LogP contribution in [0.5, 0.6) is 0 Å². The fourth-order valence-corrected chi connectivity index (χ4v) is 6.25. The maximum absolute atomic E-state index is 13.4. The zero-order valence-electron chi connectivity index (χ0n) is 22.1. The van der Waals surface area contributed by atoms with E-state index in [1.807, 2.05) is 42.5 Å². The Morgan fingerprint density at radius 2 is 1.51 bits per heavy atom. The lowest BCUT2D eigenvalue weighted by Crippen LogP contribution is -2.47. The highest BCUT2D eigenvalue weighted by molar-refractivity contribution is 7.89. The van der Waals surface area contributed by atoms with Crippen LogP contribution in [-0.4, -0.2) is 48.6 Å². The average molecular weight is 568 g/mol. The molecule has 3 aromatic rings. The summed E-state index contributed by atoms with van der Waals surface area (Å²) in [4.78, 5) is 28.3. The Hall–Kier alpha value is -3.20. The molecule has 7 nitrogen and oxygen atoms in total. The second-order valence-corrected chi connectivity index (χ2v) is 12.2. The summed E-state index contributed by atoms with van der Waals surface area (Å²) in [5.74, 6) is -0.404. The summed E-state index contributed by atoms with van der Waals surface area (Å²) in [7, 11) is -3.48. The molecule has 39 heavy (non-hydrogen) atoms. The molecule has 1 atom stereocenters. The molecule has 9 heteroatoms. The molecule has 0 saturated carbocycles. The smallest absolute Gasteiger partial charge is 0.243 e. The number of halogens is 1. The monoisotopic (exact) mass is 567 g/mol. The fourth-order valence-electron chi connectivity index (χ4n) is 4.60. The molecule has 0 spiro atoms. The average Bonchev–Trinajstić information content (AvgIpc) is 3.51. The minimum Gasteiger partial charge on any atom is -0.350 e. The predicted molar refractivity (Wildman–Crippen MR) is 153 cm³/mol. The molecule has 1 unspecified atom stereocenters. The van der Waals surface area contributed by atoms with E-state index in [1.165, 1.54) is 4.31 Å². The van der Waals surface area contributed by atoms with E-state index in [4.69, 9.17) is 11.6 Å². The number of hydrogen-bond acceptors (Lipinski definition) is 4. The molecule has 1 aliphatic rings. The Labute approximate surface area is 235 Å². The van der Waals surface area contributed by atoms with E-state index in [-0.39, 0.29) is 29.7 Å². The van der Waals surface area contributed by atoms with Gasteiger partial charge in [0.15, 0.2) is 0 Å². The first-order valence-corrected chi connectivity index (χ1v) is 15.0. The maximum atomic E-state index is 13.4. The Balaban J connectivity index is 1.42. The first-order valence-electron chi connectivity index (χ1n) is 13.2. The van der Waals surface area contributed by atoms with Gasteiger partial charge in [0.25, 0.3) is 0 Å². The van der Waals surface area contributed by atoms with Gasteiger partial charge in [-0.15, -0.1) is 0 Å². The number of benzene rings is 3. The van der Waals surface area contributed by atoms with Gasteiger partial charge in [-0.1, -0.05) is 66.2 Å². The standard InChI is InChI=1S/C30H34ClN3O4S/c1-23(30(36)32-21-25-7-3-2-4-8-25)34(22-26-9-14-27(31)15-10-26)29(35)18-13-24-11-16-28(17-12-24)39(37,38)33-19-5-6-20-33/h2-4,7-12,14-17,23H,5-6,13,18-22H2,1H3,(H,32,36). The van der Waals surface area contributed by atoms with Crippen molar-refractivity contribution in [2.75, 3.05) is 13.1 Å². The van der Waals surface area contributed by atoms with Gasteiger partial charge in [0.2, 0.25) is 21.8 Å². The van der Waals surface area contributed by atoms with E-state index in [0.717, 1.165) is 29.5 Å². The molecular formula is C30H34ClN3O4S. The molecule has 2 amide bonds. The van der Waals surface area contributed by atoms with E-state index in [1.54, 1.807) is 48.2 Å². The van der Waals surface area contributed by atoms with Crippen LogP contribution in [0.3, 0.4) is 0 Å². The second kappa shape index (κ2) is 13.2. The normalized spacial score (nSPS) is 14.6. The molecular weight excluding hydrogens is 534 g/mol. The lowest BCUT2D eigenvalue weighted by molar-refractivity contribution is -0.140. The van der Waals surface area contributed by atoms with E-state index in [0.29, 0.717) is 31.1 Å². The third-order valence-corrected chi connectivity index (χ3v) is 9.16. The third kappa shape index (κ3) is 7.68. The van der Waals surface area contributed by atoms with Crippen LogP contribution in [0, 0.1) is 0 Å². The summed E-state index contributed by atoms with van der Waals surface area (Å²) in [6.07, 6.45) is 2.38. The van der Waals surface area contributed by atoms with Crippen LogP contribution in [-0.2, 0) is 39.1 Å². The highest BCUT2D eigenvalue weighted by atomic mass is 35.5. The minimum absolute atomic E-state index is 0.166. The number of aryl methyl sites for hydroxylation is 1. The van der Waals surface area contributed by atoms with Crippen LogP contribution in [0.2, 0.25) is 5.02 Å². The van der Waals surface area contributed by atoms with Crippen molar-refractivity contribution >= 4 is 33.4 Å². The van der Waals surface area contributed by atoms with Crippen LogP contribution in [0.25, 0.3) is 0 Å². The molecule has 1 heterocycles. The highest BCUT2D eigenvalue weighted by Crippen LogP contribution is 2.22. The Kier molecular flexibility index (Phi) is 9.78. The van der Waals surface area contributed by atoms with Gasteiger partial charge in [-0.3, -0.25) is 9.59 Å². The third-order valence-electron chi connectivity index (χ3n) is 7.00. The molecule has 0 aliphatic carbocycles. The zero-order chi connectivity index (χ0) is 27.8. The number of nitrogens with one attached hydrogen (secondary N) is 1. The van der Waals surface area contributed by atoms with Crippen molar-refractivity contribution in [3.05, 3.63) is 101 Å². The van der Waals surface area contributed by atoms with Gasteiger partial charge in [0.05, 0.1) is 4.90 Å². The number of sulfonamides is 1. The van der Waals surface area contributed by atoms with Crippen molar-refractivity contribution in [3.63, 3.8) is 0 Å². The van der Waals surface area contributed by atoms with Crippen molar-refractivity contribution in [2.24, 2.45) is 0 Å². The second-order valence-electron chi connectivity index (χ2n) is 9.78. The van der Waals surface area contributed by atoms with Gasteiger partial charge in [0.1, 0.15) is 6.04 Å². The van der Waals surface area contributed by atoms with Crippen molar-refractivity contribution < 1.29 is 18.0 Å². The lowest BCUT2D eigenvalue weighted by atomic mass is 10.1. The van der Waals surface area contributed by atoms with Gasteiger partial charge in [-0.25, -0.2) is 8.42 Å². The molecule has 1 aliphatic heterocycles. The van der Waals surface area contributed by atoms with Gasteiger partial charge >= 0.3 is 0 Å². The van der Waals surface area contributed by atoms with E-state index in [2.05, 4.69) is 5.32 Å². The number of hydrogen-bond donors (Lipinski definition) is 1. The summed E-state index contributed by atoms with van der Waals surface area (Å²) in [5.41, 5.74) is 2.70. The summed E-state index contributed by atoms with van der Waals surface area (Å²) >= 11 is 6.03. The SMILES string of the molecule is CC(C(=O)NCc1ccccc1)N(Cc1ccc(Cl)cc1)C(=O)CCc1ccc(S(=O)(=O)N2CCCC2)cc1. The minimum atomic E-state index is -3.48. The number of rotatable bonds is 11. The number of carbonyl (C=O) groups excluding carboxylic acids is 2. The lowest BCUT2D eigenvalue weighted by Gasteiger charge is -2.29. The number of nitrogens with zero attached hydrogens (tertiary/aromatic N) is 2. The first kappa shape index (κ1) is 28.8. The van der Waals surface area contributed by atoms with Gasteiger partial charge < -0.3 is 10.2 Å².